The predicted molar refractivity (Wildman–Crippen MR) is 88.4 cm³/mol. The van der Waals surface area contributed by atoms with Crippen molar-refractivity contribution in [3.63, 3.8) is 0 Å². The number of fused-ring (bicyclic) bond motifs is 2. The highest BCUT2D eigenvalue weighted by Gasteiger charge is 2.40. The van der Waals surface area contributed by atoms with Gasteiger partial charge in [-0.25, -0.2) is 5.43 Å². The second kappa shape index (κ2) is 5.97. The Balaban J connectivity index is 1.66. The first-order valence-corrected chi connectivity index (χ1v) is 8.19. The molecule has 2 aromatic carbocycles. The van der Waals surface area contributed by atoms with E-state index < -0.39 is 0 Å². The molecule has 2 heterocycles. The summed E-state index contributed by atoms with van der Waals surface area (Å²) in [5.74, 6) is 0.547. The van der Waals surface area contributed by atoms with E-state index in [4.69, 9.17) is 0 Å². The van der Waals surface area contributed by atoms with Crippen LogP contribution in [0.4, 0.5) is 0 Å². The Labute approximate surface area is 131 Å². The fraction of sp³-hybridized carbons (Fsp3) is 0.444. The van der Waals surface area contributed by atoms with E-state index in [1.807, 2.05) is 0 Å². The Morgan fingerprint density at radius 3 is 2.86 bits per heavy atom. The van der Waals surface area contributed by atoms with E-state index in [-0.39, 0.29) is 6.61 Å². The van der Waals surface area contributed by atoms with Crippen LogP contribution >= 0.6 is 0 Å². The normalized spacial score (nSPS) is 28.9. The maximum atomic E-state index is 9.21. The smallest absolute Gasteiger partial charge is 0.0558 e. The van der Waals surface area contributed by atoms with Crippen molar-refractivity contribution in [1.29, 1.82) is 0 Å². The molecule has 116 valence electrons. The largest absolute Gasteiger partial charge is 0.395 e. The summed E-state index contributed by atoms with van der Waals surface area (Å²) in [4.78, 5) is 2.38. The van der Waals surface area contributed by atoms with Gasteiger partial charge in [-0.2, -0.15) is 0 Å². The zero-order valence-corrected chi connectivity index (χ0v) is 12.7. The molecule has 0 aliphatic carbocycles. The molecule has 3 atom stereocenters. The van der Waals surface area contributed by atoms with E-state index >= 15 is 0 Å². The van der Waals surface area contributed by atoms with E-state index in [0.717, 1.165) is 26.1 Å². The van der Waals surface area contributed by atoms with Gasteiger partial charge in [0.1, 0.15) is 0 Å². The highest BCUT2D eigenvalue weighted by atomic mass is 16.3. The average Bonchev–Trinajstić information content (AvgIpc) is 2.98. The van der Waals surface area contributed by atoms with Gasteiger partial charge in [0, 0.05) is 25.0 Å². The first kappa shape index (κ1) is 14.2. The second-order valence-corrected chi connectivity index (χ2v) is 6.42. The zero-order valence-electron chi connectivity index (χ0n) is 12.7. The van der Waals surface area contributed by atoms with Crippen LogP contribution in [-0.4, -0.2) is 42.3 Å². The molecule has 2 saturated heterocycles. The van der Waals surface area contributed by atoms with E-state index in [1.54, 1.807) is 0 Å². The molecule has 0 spiro atoms. The summed E-state index contributed by atoms with van der Waals surface area (Å²) in [6.07, 6.45) is 1.14. The topological polar surface area (TPSA) is 47.5 Å². The Kier molecular flexibility index (Phi) is 3.84. The number of rotatable bonds is 3. The minimum atomic E-state index is 0.247. The van der Waals surface area contributed by atoms with E-state index in [2.05, 4.69) is 58.2 Å². The molecule has 4 nitrogen and oxygen atoms in total. The van der Waals surface area contributed by atoms with Crippen LogP contribution in [0.25, 0.3) is 10.8 Å². The molecule has 2 aromatic rings. The molecule has 0 radical (unpaired) electrons. The van der Waals surface area contributed by atoms with Crippen LogP contribution in [0.1, 0.15) is 18.0 Å². The average molecular weight is 297 g/mol. The van der Waals surface area contributed by atoms with Crippen molar-refractivity contribution < 1.29 is 5.11 Å². The van der Waals surface area contributed by atoms with Gasteiger partial charge in [0.15, 0.2) is 0 Å². The number of nitrogens with zero attached hydrogens (tertiary/aromatic N) is 1. The summed E-state index contributed by atoms with van der Waals surface area (Å²) in [7, 11) is 0. The molecule has 4 heteroatoms. The summed E-state index contributed by atoms with van der Waals surface area (Å²) >= 11 is 0. The van der Waals surface area contributed by atoms with Crippen molar-refractivity contribution in [1.82, 2.24) is 15.8 Å². The number of benzene rings is 2. The number of nitrogens with one attached hydrogen (secondary N) is 2. The molecule has 4 rings (SSSR count). The standard InChI is InChI=1S/C18H23N3O/c22-11-10-21-9-8-17-16(12-21)18(20-19-17)15-7-3-5-13-4-1-2-6-14(13)15/h1-7,16-20,22H,8-12H2. The Morgan fingerprint density at radius 1 is 1.09 bits per heavy atom. The molecule has 0 aromatic heterocycles. The Morgan fingerprint density at radius 2 is 1.95 bits per heavy atom. The Bertz CT molecular complexity index is 654. The number of likely N-dealkylation sites (tertiary alicyclic amines) is 1. The number of hydrogen-bond acceptors (Lipinski definition) is 4. The second-order valence-electron chi connectivity index (χ2n) is 6.42. The maximum Gasteiger partial charge on any atom is 0.0558 e. The van der Waals surface area contributed by atoms with Crippen molar-refractivity contribution in [3.05, 3.63) is 48.0 Å². The van der Waals surface area contributed by atoms with Gasteiger partial charge in [0.05, 0.1) is 12.6 Å². The van der Waals surface area contributed by atoms with Crippen molar-refractivity contribution in [2.45, 2.75) is 18.5 Å². The third-order valence-electron chi connectivity index (χ3n) is 5.17. The summed E-state index contributed by atoms with van der Waals surface area (Å²) in [6.45, 7) is 3.14. The van der Waals surface area contributed by atoms with Crippen LogP contribution in [0.3, 0.4) is 0 Å². The lowest BCUT2D eigenvalue weighted by molar-refractivity contribution is 0.127. The van der Waals surface area contributed by atoms with E-state index in [9.17, 15) is 5.11 Å². The SMILES string of the molecule is OCCN1CCC2NNC(c3cccc4ccccc34)C2C1. The number of aliphatic hydroxyl groups excluding tert-OH is 1. The monoisotopic (exact) mass is 297 g/mol. The van der Waals surface area contributed by atoms with Crippen LogP contribution in [0.2, 0.25) is 0 Å². The molecule has 0 saturated carbocycles. The molecule has 0 amide bonds. The van der Waals surface area contributed by atoms with Gasteiger partial charge in [-0.1, -0.05) is 42.5 Å². The molecule has 2 aliphatic heterocycles. The Hall–Kier alpha value is -1.46. The first-order chi connectivity index (χ1) is 10.9. The van der Waals surface area contributed by atoms with Crippen LogP contribution in [0.15, 0.2) is 42.5 Å². The van der Waals surface area contributed by atoms with Gasteiger partial charge < -0.3 is 10.0 Å². The minimum absolute atomic E-state index is 0.247. The summed E-state index contributed by atoms with van der Waals surface area (Å²) in [5.41, 5.74) is 8.40. The number of hydrogen-bond donors (Lipinski definition) is 3. The lowest BCUT2D eigenvalue weighted by Gasteiger charge is -2.36. The van der Waals surface area contributed by atoms with Crippen LogP contribution in [0, 0.1) is 5.92 Å². The number of piperidine rings is 1. The minimum Gasteiger partial charge on any atom is -0.395 e. The van der Waals surface area contributed by atoms with Crippen molar-refractivity contribution >= 4 is 10.8 Å². The van der Waals surface area contributed by atoms with Crippen LogP contribution < -0.4 is 10.9 Å². The van der Waals surface area contributed by atoms with Crippen LogP contribution in [-0.2, 0) is 0 Å². The van der Waals surface area contributed by atoms with Gasteiger partial charge in [-0.15, -0.1) is 0 Å². The zero-order chi connectivity index (χ0) is 14.9. The molecule has 3 unspecified atom stereocenters. The van der Waals surface area contributed by atoms with E-state index in [1.165, 1.54) is 16.3 Å². The molecule has 2 aliphatic rings. The fourth-order valence-corrected chi connectivity index (χ4v) is 4.05. The van der Waals surface area contributed by atoms with E-state index in [0.29, 0.717) is 18.0 Å². The summed E-state index contributed by atoms with van der Waals surface area (Å²) in [6, 6.07) is 16.0. The number of aliphatic hydroxyl groups is 1. The molecule has 3 N–H and O–H groups in total. The summed E-state index contributed by atoms with van der Waals surface area (Å²) in [5, 5.41) is 11.8. The lowest BCUT2D eigenvalue weighted by atomic mass is 9.83. The van der Waals surface area contributed by atoms with Gasteiger partial charge in [0.25, 0.3) is 0 Å². The van der Waals surface area contributed by atoms with Crippen molar-refractivity contribution in [2.75, 3.05) is 26.2 Å². The van der Waals surface area contributed by atoms with Crippen molar-refractivity contribution in [2.24, 2.45) is 5.92 Å². The van der Waals surface area contributed by atoms with Crippen molar-refractivity contribution in [3.8, 4) is 0 Å². The molecule has 22 heavy (non-hydrogen) atoms. The first-order valence-electron chi connectivity index (χ1n) is 8.19. The quantitative estimate of drug-likeness (QED) is 0.806. The highest BCUT2D eigenvalue weighted by Crippen LogP contribution is 2.36. The third kappa shape index (κ3) is 2.42. The van der Waals surface area contributed by atoms with Gasteiger partial charge in [-0.05, 0) is 29.3 Å². The number of β-amino-alcohol motifs (C(OH)–C–C–N with tert-alkyl or cyclic N) is 1. The molecular weight excluding hydrogens is 274 g/mol. The van der Waals surface area contributed by atoms with Gasteiger partial charge in [-0.3, -0.25) is 5.43 Å². The maximum absolute atomic E-state index is 9.21. The van der Waals surface area contributed by atoms with Crippen LogP contribution in [0.5, 0.6) is 0 Å². The number of hydrazine groups is 1. The molecular formula is C18H23N3O. The highest BCUT2D eigenvalue weighted by molar-refractivity contribution is 5.86. The van der Waals surface area contributed by atoms with Gasteiger partial charge in [0.2, 0.25) is 0 Å². The van der Waals surface area contributed by atoms with Gasteiger partial charge >= 0.3 is 0 Å². The molecule has 2 fully saturated rings. The predicted octanol–water partition coefficient (Wildman–Crippen LogP) is 1.67. The fourth-order valence-electron chi connectivity index (χ4n) is 4.05. The lowest BCUT2D eigenvalue weighted by Crippen LogP contribution is -2.46. The third-order valence-corrected chi connectivity index (χ3v) is 5.17. The summed E-state index contributed by atoms with van der Waals surface area (Å²) < 4.78 is 0. The molecule has 0 bridgehead atoms.